The first kappa shape index (κ1) is 22.8. The fourth-order valence-electron chi connectivity index (χ4n) is 4.03. The lowest BCUT2D eigenvalue weighted by atomic mass is 10.00. The van der Waals surface area contributed by atoms with E-state index >= 15 is 0 Å². The normalized spacial score (nSPS) is 14.6. The van der Waals surface area contributed by atoms with Crippen molar-refractivity contribution in [2.75, 3.05) is 24.9 Å². The maximum absolute atomic E-state index is 13.1. The van der Waals surface area contributed by atoms with E-state index in [1.54, 1.807) is 31.3 Å². The summed E-state index contributed by atoms with van der Waals surface area (Å²) in [7, 11) is 3.17. The molecule has 9 heteroatoms. The van der Waals surface area contributed by atoms with Crippen molar-refractivity contribution in [2.45, 2.75) is 39.1 Å². The minimum Gasteiger partial charge on any atom is -0.497 e. The third-order valence-electron chi connectivity index (χ3n) is 5.35. The van der Waals surface area contributed by atoms with Gasteiger partial charge in [0.25, 0.3) is 0 Å². The van der Waals surface area contributed by atoms with E-state index in [1.807, 2.05) is 39.0 Å². The van der Waals surface area contributed by atoms with Crippen LogP contribution in [0.2, 0.25) is 0 Å². The van der Waals surface area contributed by atoms with Crippen LogP contribution in [-0.2, 0) is 4.79 Å². The number of carbonyl (C=O) groups is 1. The predicted octanol–water partition coefficient (Wildman–Crippen LogP) is 4.73. The Morgan fingerprint density at radius 2 is 1.94 bits per heavy atom. The second-order valence-electron chi connectivity index (χ2n) is 7.63. The Balaban J connectivity index is 2.04. The highest BCUT2D eigenvalue weighted by molar-refractivity contribution is 7.99. The van der Waals surface area contributed by atoms with Crippen LogP contribution in [0.5, 0.6) is 17.4 Å². The van der Waals surface area contributed by atoms with Gasteiger partial charge in [0.2, 0.25) is 23.2 Å². The maximum Gasteiger partial charge on any atom is 0.247 e. The van der Waals surface area contributed by atoms with Gasteiger partial charge < -0.3 is 14.2 Å². The lowest BCUT2D eigenvalue weighted by molar-refractivity contribution is -0.118. The molecule has 0 saturated carbocycles. The van der Waals surface area contributed by atoms with Gasteiger partial charge in [-0.1, -0.05) is 30.3 Å². The van der Waals surface area contributed by atoms with E-state index in [0.717, 1.165) is 22.4 Å². The number of aromatic nitrogens is 3. The van der Waals surface area contributed by atoms with E-state index in [0.29, 0.717) is 39.5 Å². The van der Waals surface area contributed by atoms with Crippen molar-refractivity contribution in [1.29, 1.82) is 0 Å². The Hall–Kier alpha value is -3.33. The molecule has 2 aromatic carbocycles. The molecule has 1 aliphatic rings. The summed E-state index contributed by atoms with van der Waals surface area (Å²) in [5.41, 5.74) is 4.52. The first-order valence-electron chi connectivity index (χ1n) is 10.5. The Morgan fingerprint density at radius 3 is 2.61 bits per heavy atom. The molecular weight excluding hydrogens is 440 g/mol. The van der Waals surface area contributed by atoms with Gasteiger partial charge in [-0.2, -0.15) is 4.98 Å². The van der Waals surface area contributed by atoms with Crippen LogP contribution < -0.4 is 19.1 Å². The number of ether oxygens (including phenoxy) is 3. The van der Waals surface area contributed by atoms with E-state index in [2.05, 4.69) is 15.2 Å². The fraction of sp³-hybridized carbons (Fsp3) is 0.333. The third kappa shape index (κ3) is 4.20. The molecule has 0 spiro atoms. The second-order valence-corrected chi connectivity index (χ2v) is 8.86. The molecule has 0 unspecified atom stereocenters. The number of hydrogen-bond acceptors (Lipinski definition) is 8. The summed E-state index contributed by atoms with van der Waals surface area (Å²) in [5.74, 6) is 2.09. The summed E-state index contributed by atoms with van der Waals surface area (Å²) in [6.45, 7) is 7.50. The number of nitrogens with zero attached hydrogens (tertiary/aromatic N) is 4. The molecule has 0 saturated heterocycles. The molecule has 0 fully saturated rings. The van der Waals surface area contributed by atoms with Gasteiger partial charge in [0.15, 0.2) is 5.69 Å². The van der Waals surface area contributed by atoms with Crippen LogP contribution in [0.1, 0.15) is 36.8 Å². The monoisotopic (exact) mass is 466 g/mol. The van der Waals surface area contributed by atoms with Crippen LogP contribution in [0, 0.1) is 13.8 Å². The molecule has 1 aliphatic heterocycles. The van der Waals surface area contributed by atoms with Gasteiger partial charge in [0.05, 0.1) is 25.5 Å². The standard InChI is InChI=1S/C24H26N4O4S/c1-7-33-24-25-22-20(26-27-24)18-11-13(2)10-14(3)21(18)28(15(4)29)23(32-22)17-12-16(30-5)8-9-19(17)31-6/h8-12,23H,7H2,1-6H3/t23-/m0/s1. The number of anilines is 1. The predicted molar refractivity (Wildman–Crippen MR) is 127 cm³/mol. The quantitative estimate of drug-likeness (QED) is 0.499. The molecular formula is C24H26N4O4S. The van der Waals surface area contributed by atoms with Gasteiger partial charge in [-0.3, -0.25) is 9.69 Å². The highest BCUT2D eigenvalue weighted by Crippen LogP contribution is 2.47. The summed E-state index contributed by atoms with van der Waals surface area (Å²) in [5, 5.41) is 9.26. The number of carbonyl (C=O) groups excluding carboxylic acids is 1. The summed E-state index contributed by atoms with van der Waals surface area (Å²) >= 11 is 1.47. The fourth-order valence-corrected chi connectivity index (χ4v) is 4.54. The number of benzene rings is 2. The van der Waals surface area contributed by atoms with Gasteiger partial charge in [-0.05, 0) is 49.4 Å². The Bertz CT molecular complexity index is 1220. The Morgan fingerprint density at radius 1 is 1.15 bits per heavy atom. The van der Waals surface area contributed by atoms with Gasteiger partial charge >= 0.3 is 0 Å². The van der Waals surface area contributed by atoms with Gasteiger partial charge in [0.1, 0.15) is 11.5 Å². The van der Waals surface area contributed by atoms with Crippen molar-refractivity contribution in [2.24, 2.45) is 0 Å². The van der Waals surface area contributed by atoms with Crippen molar-refractivity contribution < 1.29 is 19.0 Å². The summed E-state index contributed by atoms with van der Waals surface area (Å²) in [4.78, 5) is 19.4. The molecule has 3 aromatic rings. The Labute approximate surface area is 197 Å². The zero-order valence-corrected chi connectivity index (χ0v) is 20.3. The van der Waals surface area contributed by atoms with E-state index in [-0.39, 0.29) is 5.91 Å². The maximum atomic E-state index is 13.1. The topological polar surface area (TPSA) is 86.7 Å². The zero-order chi connectivity index (χ0) is 23.7. The molecule has 0 N–H and O–H groups in total. The van der Waals surface area contributed by atoms with E-state index in [4.69, 9.17) is 14.2 Å². The van der Waals surface area contributed by atoms with Gasteiger partial charge in [-0.25, -0.2) is 0 Å². The summed E-state index contributed by atoms with van der Waals surface area (Å²) in [6.07, 6.45) is -0.856. The minimum absolute atomic E-state index is 0.193. The van der Waals surface area contributed by atoms with E-state index < -0.39 is 6.23 Å². The SMILES string of the molecule is CCSc1nnc2c(n1)O[C@@H](c1cc(OC)ccc1OC)N(C(C)=O)c1c(C)cc(C)cc1-2. The molecule has 0 bridgehead atoms. The number of amides is 1. The number of methoxy groups -OCH3 is 2. The molecule has 1 atom stereocenters. The number of thioether (sulfide) groups is 1. The van der Waals surface area contributed by atoms with E-state index in [9.17, 15) is 4.79 Å². The first-order chi connectivity index (χ1) is 15.9. The molecule has 4 rings (SSSR count). The molecule has 1 aromatic heterocycles. The van der Waals surface area contributed by atoms with Gasteiger partial charge in [0, 0.05) is 12.5 Å². The summed E-state index contributed by atoms with van der Waals surface area (Å²) in [6, 6.07) is 9.41. The number of hydrogen-bond donors (Lipinski definition) is 0. The van der Waals surface area contributed by atoms with E-state index in [1.165, 1.54) is 18.7 Å². The third-order valence-corrected chi connectivity index (χ3v) is 6.07. The molecule has 8 nitrogen and oxygen atoms in total. The first-order valence-corrected chi connectivity index (χ1v) is 11.5. The molecule has 2 heterocycles. The molecule has 33 heavy (non-hydrogen) atoms. The summed E-state index contributed by atoms with van der Waals surface area (Å²) < 4.78 is 17.5. The highest BCUT2D eigenvalue weighted by Gasteiger charge is 2.37. The number of rotatable bonds is 5. The zero-order valence-electron chi connectivity index (χ0n) is 19.5. The van der Waals surface area contributed by atoms with Crippen LogP contribution in [0.15, 0.2) is 35.5 Å². The van der Waals surface area contributed by atoms with Crippen molar-refractivity contribution in [1.82, 2.24) is 15.2 Å². The second kappa shape index (κ2) is 9.27. The van der Waals surface area contributed by atoms with Crippen LogP contribution in [0.3, 0.4) is 0 Å². The van der Waals surface area contributed by atoms with Crippen molar-refractivity contribution in [3.63, 3.8) is 0 Å². The molecule has 0 aliphatic carbocycles. The molecule has 1 amide bonds. The number of fused-ring (bicyclic) bond motifs is 3. The Kier molecular flexibility index (Phi) is 6.42. The van der Waals surface area contributed by atoms with Crippen LogP contribution in [-0.4, -0.2) is 41.1 Å². The number of aryl methyl sites for hydroxylation is 2. The average molecular weight is 467 g/mol. The molecule has 0 radical (unpaired) electrons. The highest BCUT2D eigenvalue weighted by atomic mass is 32.2. The van der Waals surface area contributed by atoms with Crippen molar-refractivity contribution in [3.8, 4) is 28.6 Å². The van der Waals surface area contributed by atoms with Crippen LogP contribution in [0.4, 0.5) is 5.69 Å². The largest absolute Gasteiger partial charge is 0.497 e. The van der Waals surface area contributed by atoms with Gasteiger partial charge in [-0.15, -0.1) is 10.2 Å². The smallest absolute Gasteiger partial charge is 0.247 e. The lowest BCUT2D eigenvalue weighted by Crippen LogP contribution is -2.36. The lowest BCUT2D eigenvalue weighted by Gasteiger charge is -2.32. The van der Waals surface area contributed by atoms with Crippen molar-refractivity contribution in [3.05, 3.63) is 47.0 Å². The van der Waals surface area contributed by atoms with Crippen LogP contribution >= 0.6 is 11.8 Å². The molecule has 172 valence electrons. The van der Waals surface area contributed by atoms with Crippen molar-refractivity contribution >= 4 is 23.4 Å². The minimum atomic E-state index is -0.856. The average Bonchev–Trinajstić information content (AvgIpc) is 2.93. The van der Waals surface area contributed by atoms with Crippen LogP contribution in [0.25, 0.3) is 11.3 Å².